The van der Waals surface area contributed by atoms with Gasteiger partial charge in [-0.3, -0.25) is 0 Å². The summed E-state index contributed by atoms with van der Waals surface area (Å²) in [6.45, 7) is 0.412. The van der Waals surface area contributed by atoms with E-state index in [2.05, 4.69) is 0 Å². The van der Waals surface area contributed by atoms with Gasteiger partial charge < -0.3 is 10.0 Å². The molecule has 1 unspecified atom stereocenters. The zero-order valence-electron chi connectivity index (χ0n) is 11.9. The van der Waals surface area contributed by atoms with Crippen LogP contribution in [0.3, 0.4) is 0 Å². The fraction of sp³-hybridized carbons (Fsp3) is 0.538. The Morgan fingerprint density at radius 1 is 1.33 bits per heavy atom. The number of β-amino-alcohol motifs (C(OH)–C–C–N with tert-alkyl or cyclic N) is 1. The lowest BCUT2D eigenvalue weighted by molar-refractivity contribution is 0.0302. The molecule has 1 aliphatic heterocycles. The molecule has 118 valence electrons. The Kier molecular flexibility index (Phi) is 4.34. The highest BCUT2D eigenvalue weighted by Gasteiger charge is 2.42. The maximum absolute atomic E-state index is 13.2. The van der Waals surface area contributed by atoms with Crippen LogP contribution in [0.4, 0.5) is 8.78 Å². The third kappa shape index (κ3) is 3.39. The Hall–Kier alpha value is -1.09. The van der Waals surface area contributed by atoms with Crippen LogP contribution in [0, 0.1) is 11.6 Å². The number of nitrogens with zero attached hydrogens (tertiary/aromatic N) is 2. The highest BCUT2D eigenvalue weighted by Crippen LogP contribution is 2.28. The van der Waals surface area contributed by atoms with Gasteiger partial charge in [-0.1, -0.05) is 0 Å². The number of likely N-dealkylation sites (N-methyl/N-ethyl adjacent to an activating group) is 1. The van der Waals surface area contributed by atoms with Gasteiger partial charge in [-0.25, -0.2) is 17.2 Å². The minimum atomic E-state index is -3.94. The van der Waals surface area contributed by atoms with Gasteiger partial charge in [0.25, 0.3) is 0 Å². The number of sulfonamides is 1. The van der Waals surface area contributed by atoms with E-state index < -0.39 is 27.3 Å². The van der Waals surface area contributed by atoms with Gasteiger partial charge in [0, 0.05) is 19.6 Å². The first kappa shape index (κ1) is 16.3. The number of benzene rings is 1. The third-order valence-corrected chi connectivity index (χ3v) is 5.28. The van der Waals surface area contributed by atoms with Crippen molar-refractivity contribution in [1.29, 1.82) is 0 Å². The molecule has 1 N–H and O–H groups in total. The highest BCUT2D eigenvalue weighted by atomic mass is 32.2. The predicted molar refractivity (Wildman–Crippen MR) is 73.2 cm³/mol. The molecular weight excluding hydrogens is 302 g/mol. The van der Waals surface area contributed by atoms with Gasteiger partial charge in [-0.15, -0.1) is 0 Å². The first-order chi connectivity index (χ1) is 9.64. The highest BCUT2D eigenvalue weighted by molar-refractivity contribution is 7.89. The summed E-state index contributed by atoms with van der Waals surface area (Å²) in [6, 6.07) is 2.47. The Bertz CT molecular complexity index is 636. The van der Waals surface area contributed by atoms with Crippen LogP contribution in [0.25, 0.3) is 0 Å². The minimum Gasteiger partial charge on any atom is -0.387 e. The van der Waals surface area contributed by atoms with Gasteiger partial charge in [-0.05, 0) is 38.7 Å². The number of aliphatic hydroxyl groups is 1. The predicted octanol–water partition coefficient (Wildman–Crippen LogP) is 0.652. The van der Waals surface area contributed by atoms with Crippen LogP contribution in [-0.2, 0) is 10.0 Å². The van der Waals surface area contributed by atoms with E-state index in [1.54, 1.807) is 19.0 Å². The van der Waals surface area contributed by atoms with Gasteiger partial charge >= 0.3 is 0 Å². The summed E-state index contributed by atoms with van der Waals surface area (Å²) < 4.78 is 52.0. The van der Waals surface area contributed by atoms with Crippen LogP contribution < -0.4 is 0 Å². The van der Waals surface area contributed by atoms with E-state index in [9.17, 15) is 22.3 Å². The number of rotatable bonds is 4. The van der Waals surface area contributed by atoms with Gasteiger partial charge in [0.05, 0.1) is 10.5 Å². The molecule has 21 heavy (non-hydrogen) atoms. The standard InChI is InChI=1S/C13H18F2N2O3S/c1-16(2)8-13(18)5-6-17(9-13)21(19,20)10-3-4-11(14)12(15)7-10/h3-4,7,18H,5-6,8-9H2,1-2H3. The summed E-state index contributed by atoms with van der Waals surface area (Å²) in [4.78, 5) is 1.46. The van der Waals surface area contributed by atoms with E-state index in [1.807, 2.05) is 0 Å². The lowest BCUT2D eigenvalue weighted by atomic mass is 10.0. The molecule has 0 amide bonds. The van der Waals surface area contributed by atoms with Crippen molar-refractivity contribution in [2.24, 2.45) is 0 Å². The molecule has 0 bridgehead atoms. The third-order valence-electron chi connectivity index (χ3n) is 3.44. The van der Waals surface area contributed by atoms with Gasteiger partial charge in [0.15, 0.2) is 11.6 Å². The average Bonchev–Trinajstić information content (AvgIpc) is 2.74. The zero-order chi connectivity index (χ0) is 15.8. The molecule has 0 aliphatic carbocycles. The largest absolute Gasteiger partial charge is 0.387 e. The van der Waals surface area contributed by atoms with Crippen LogP contribution in [0.5, 0.6) is 0 Å². The Morgan fingerprint density at radius 2 is 2.00 bits per heavy atom. The van der Waals surface area contributed by atoms with Crippen molar-refractivity contribution in [3.63, 3.8) is 0 Å². The molecule has 2 rings (SSSR count). The van der Waals surface area contributed by atoms with Crippen LogP contribution in [0.2, 0.25) is 0 Å². The van der Waals surface area contributed by atoms with Crippen molar-refractivity contribution in [1.82, 2.24) is 9.21 Å². The molecular formula is C13H18F2N2O3S. The molecule has 8 heteroatoms. The topological polar surface area (TPSA) is 60.9 Å². The maximum atomic E-state index is 13.2. The first-order valence-electron chi connectivity index (χ1n) is 6.46. The van der Waals surface area contributed by atoms with E-state index >= 15 is 0 Å². The molecule has 1 saturated heterocycles. The fourth-order valence-corrected chi connectivity index (χ4v) is 4.06. The summed E-state index contributed by atoms with van der Waals surface area (Å²) in [5.41, 5.74) is -1.13. The van der Waals surface area contributed by atoms with Crippen molar-refractivity contribution in [2.75, 3.05) is 33.7 Å². The minimum absolute atomic E-state index is 0.0630. The van der Waals surface area contributed by atoms with Gasteiger partial charge in [0.1, 0.15) is 0 Å². The van der Waals surface area contributed by atoms with Gasteiger partial charge in [-0.2, -0.15) is 4.31 Å². The zero-order valence-corrected chi connectivity index (χ0v) is 12.7. The van der Waals surface area contributed by atoms with Crippen molar-refractivity contribution in [3.8, 4) is 0 Å². The van der Waals surface area contributed by atoms with E-state index in [-0.39, 0.29) is 18.0 Å². The van der Waals surface area contributed by atoms with Crippen LogP contribution in [0.1, 0.15) is 6.42 Å². The van der Waals surface area contributed by atoms with E-state index in [4.69, 9.17) is 0 Å². The number of hydrogen-bond acceptors (Lipinski definition) is 4. The molecule has 5 nitrogen and oxygen atoms in total. The summed E-state index contributed by atoms with van der Waals surface area (Å²) >= 11 is 0. The summed E-state index contributed by atoms with van der Waals surface area (Å²) in [5, 5.41) is 10.4. The maximum Gasteiger partial charge on any atom is 0.243 e. The van der Waals surface area contributed by atoms with Crippen LogP contribution in [-0.4, -0.2) is 62.1 Å². The SMILES string of the molecule is CN(C)CC1(O)CCN(S(=O)(=O)c2ccc(F)c(F)c2)C1. The van der Waals surface area contributed by atoms with E-state index in [0.717, 1.165) is 16.4 Å². The Labute approximate surface area is 122 Å². The fourth-order valence-electron chi connectivity index (χ4n) is 2.53. The van der Waals surface area contributed by atoms with Crippen LogP contribution in [0.15, 0.2) is 23.1 Å². The second-order valence-electron chi connectivity index (χ2n) is 5.63. The second-order valence-corrected chi connectivity index (χ2v) is 7.56. The summed E-state index contributed by atoms with van der Waals surface area (Å²) in [7, 11) is -0.372. The monoisotopic (exact) mass is 320 g/mol. The van der Waals surface area contributed by atoms with E-state index in [0.29, 0.717) is 19.0 Å². The van der Waals surface area contributed by atoms with Crippen molar-refractivity contribution in [3.05, 3.63) is 29.8 Å². The van der Waals surface area contributed by atoms with E-state index in [1.165, 1.54) is 0 Å². The molecule has 1 aliphatic rings. The Balaban J connectivity index is 2.23. The lowest BCUT2D eigenvalue weighted by Crippen LogP contribution is -2.43. The van der Waals surface area contributed by atoms with Crippen molar-refractivity contribution in [2.45, 2.75) is 16.9 Å². The summed E-state index contributed by atoms with van der Waals surface area (Å²) in [6.07, 6.45) is 0.300. The molecule has 0 saturated carbocycles. The molecule has 0 spiro atoms. The molecule has 1 fully saturated rings. The van der Waals surface area contributed by atoms with Crippen molar-refractivity contribution >= 4 is 10.0 Å². The first-order valence-corrected chi connectivity index (χ1v) is 7.90. The molecule has 0 radical (unpaired) electrons. The van der Waals surface area contributed by atoms with Crippen LogP contribution >= 0.6 is 0 Å². The summed E-state index contributed by atoms with van der Waals surface area (Å²) in [5.74, 6) is -2.31. The number of hydrogen-bond donors (Lipinski definition) is 1. The Morgan fingerprint density at radius 3 is 2.57 bits per heavy atom. The molecule has 1 atom stereocenters. The molecule has 1 aromatic rings. The van der Waals surface area contributed by atoms with Gasteiger partial charge in [0.2, 0.25) is 10.0 Å². The number of halogens is 2. The molecule has 1 aromatic carbocycles. The normalized spacial score (nSPS) is 23.9. The smallest absolute Gasteiger partial charge is 0.243 e. The average molecular weight is 320 g/mol. The second kappa shape index (κ2) is 5.60. The lowest BCUT2D eigenvalue weighted by Gasteiger charge is -2.26. The van der Waals surface area contributed by atoms with Crippen molar-refractivity contribution < 1.29 is 22.3 Å². The quantitative estimate of drug-likeness (QED) is 0.885. The molecule has 0 aromatic heterocycles. The molecule has 1 heterocycles.